The molecule has 1 saturated carbocycles. The van der Waals surface area contributed by atoms with Gasteiger partial charge in [0.1, 0.15) is 5.41 Å². The number of nitrogens with zero attached hydrogens (tertiary/aromatic N) is 5. The van der Waals surface area contributed by atoms with Crippen molar-refractivity contribution in [3.63, 3.8) is 0 Å². The molecule has 0 unspecified atom stereocenters. The smallest absolute Gasteiger partial charge is 0.247 e. The van der Waals surface area contributed by atoms with Crippen molar-refractivity contribution < 1.29 is 9.53 Å². The van der Waals surface area contributed by atoms with Crippen molar-refractivity contribution in [2.75, 3.05) is 18.6 Å². The van der Waals surface area contributed by atoms with Gasteiger partial charge in [-0.2, -0.15) is 10.4 Å². The molecular formula is C21H19N5O2. The van der Waals surface area contributed by atoms with E-state index in [1.165, 1.54) is 0 Å². The predicted molar refractivity (Wildman–Crippen MR) is 103 cm³/mol. The molecule has 3 aromatic heterocycles. The molecule has 0 spiro atoms. The zero-order valence-corrected chi connectivity index (χ0v) is 15.5. The molecule has 3 aromatic rings. The molecule has 140 valence electrons. The molecule has 7 nitrogen and oxygen atoms in total. The Hall–Kier alpha value is -3.40. The number of methoxy groups -OCH3 is 1. The number of hydrogen-bond donors (Lipinski definition) is 0. The summed E-state index contributed by atoms with van der Waals surface area (Å²) in [4.78, 5) is 19.2. The van der Waals surface area contributed by atoms with E-state index in [9.17, 15) is 10.1 Å². The van der Waals surface area contributed by atoms with Gasteiger partial charge in [-0.3, -0.25) is 4.79 Å². The number of amides is 1. The summed E-state index contributed by atoms with van der Waals surface area (Å²) in [6.45, 7) is 0.563. The second-order valence-electron chi connectivity index (χ2n) is 7.43. The molecule has 5 rings (SSSR count). The third kappa shape index (κ3) is 2.38. The second-order valence-corrected chi connectivity index (χ2v) is 7.43. The predicted octanol–water partition coefficient (Wildman–Crippen LogP) is 3.06. The number of rotatable bonds is 4. The van der Waals surface area contributed by atoms with Crippen molar-refractivity contribution >= 4 is 17.1 Å². The first-order chi connectivity index (χ1) is 13.7. The number of anilines is 1. The lowest BCUT2D eigenvalue weighted by atomic mass is 9.83. The monoisotopic (exact) mass is 373 g/mol. The summed E-state index contributed by atoms with van der Waals surface area (Å²) in [5, 5.41) is 14.1. The van der Waals surface area contributed by atoms with Gasteiger partial charge < -0.3 is 9.64 Å². The molecule has 1 atom stereocenters. The van der Waals surface area contributed by atoms with Crippen LogP contribution in [0.1, 0.15) is 19.3 Å². The fourth-order valence-electron chi connectivity index (χ4n) is 4.18. The van der Waals surface area contributed by atoms with Crippen LogP contribution in [0.25, 0.3) is 16.6 Å². The maximum Gasteiger partial charge on any atom is 0.247 e. The zero-order chi connectivity index (χ0) is 19.3. The van der Waals surface area contributed by atoms with Crippen LogP contribution in [0.3, 0.4) is 0 Å². The maximum atomic E-state index is 13.2. The Labute approximate surface area is 162 Å². The summed E-state index contributed by atoms with van der Waals surface area (Å²) in [6.07, 6.45) is 7.90. The summed E-state index contributed by atoms with van der Waals surface area (Å²) in [7, 11) is 1.58. The lowest BCUT2D eigenvalue weighted by Crippen LogP contribution is -2.35. The van der Waals surface area contributed by atoms with E-state index in [2.05, 4.69) is 16.2 Å². The van der Waals surface area contributed by atoms with Gasteiger partial charge in [0.2, 0.25) is 11.8 Å². The summed E-state index contributed by atoms with van der Waals surface area (Å²) >= 11 is 0. The Kier molecular flexibility index (Phi) is 3.63. The number of nitriles is 1. The van der Waals surface area contributed by atoms with Crippen LogP contribution in [0.5, 0.6) is 5.88 Å². The fourth-order valence-corrected chi connectivity index (χ4v) is 4.18. The fraction of sp³-hybridized carbons (Fsp3) is 0.333. The van der Waals surface area contributed by atoms with E-state index in [1.54, 1.807) is 28.9 Å². The number of fused-ring (bicyclic) bond motifs is 1. The highest BCUT2D eigenvalue weighted by atomic mass is 16.5. The Bertz CT molecular complexity index is 1110. The molecular weight excluding hydrogens is 354 g/mol. The van der Waals surface area contributed by atoms with Gasteiger partial charge in [-0.25, -0.2) is 9.50 Å². The van der Waals surface area contributed by atoms with E-state index in [0.29, 0.717) is 18.8 Å². The number of carbonyl (C=O) groups is 1. The SMILES string of the molecule is COc1ccc(-c2cc3c(N4CC[C@@](C#N)(C5CC5)C4=O)ccnn3c2)cn1. The molecule has 1 aliphatic carbocycles. The van der Waals surface area contributed by atoms with Gasteiger partial charge in [0.05, 0.1) is 24.4 Å². The van der Waals surface area contributed by atoms with Gasteiger partial charge in [-0.1, -0.05) is 0 Å². The lowest BCUT2D eigenvalue weighted by molar-refractivity contribution is -0.123. The Morgan fingerprint density at radius 1 is 1.29 bits per heavy atom. The Morgan fingerprint density at radius 2 is 2.14 bits per heavy atom. The average Bonchev–Trinajstić information content (AvgIpc) is 3.40. The molecule has 1 aliphatic heterocycles. The summed E-state index contributed by atoms with van der Waals surface area (Å²) in [6, 6.07) is 9.95. The summed E-state index contributed by atoms with van der Waals surface area (Å²) in [5.74, 6) is 0.696. The number of aromatic nitrogens is 3. The molecule has 4 heterocycles. The molecule has 1 amide bonds. The van der Waals surface area contributed by atoms with Crippen LogP contribution in [0.2, 0.25) is 0 Å². The number of hydrogen-bond acceptors (Lipinski definition) is 5. The van der Waals surface area contributed by atoms with Crippen molar-refractivity contribution in [2.24, 2.45) is 11.3 Å². The zero-order valence-electron chi connectivity index (χ0n) is 15.5. The summed E-state index contributed by atoms with van der Waals surface area (Å²) < 4.78 is 6.89. The maximum absolute atomic E-state index is 13.2. The van der Waals surface area contributed by atoms with Crippen molar-refractivity contribution in [1.29, 1.82) is 5.26 Å². The third-order valence-corrected chi connectivity index (χ3v) is 5.89. The van der Waals surface area contributed by atoms with Crippen molar-refractivity contribution in [3.8, 4) is 23.1 Å². The standard InChI is InChI=1S/C21H19N5O2/c1-28-19-5-2-14(11-23-19)15-10-18-17(6-8-24-26(18)12-15)25-9-7-21(13-22,20(25)27)16-3-4-16/h2,5-6,8,10-12,16H,3-4,7,9H2,1H3/t21-/m1/s1. The molecule has 2 aliphatic rings. The first-order valence-corrected chi connectivity index (χ1v) is 9.37. The minimum Gasteiger partial charge on any atom is -0.481 e. The normalized spacial score (nSPS) is 21.9. The first kappa shape index (κ1) is 16.8. The van der Waals surface area contributed by atoms with Crippen molar-refractivity contribution in [1.82, 2.24) is 14.6 Å². The van der Waals surface area contributed by atoms with E-state index in [-0.39, 0.29) is 11.8 Å². The largest absolute Gasteiger partial charge is 0.481 e. The Morgan fingerprint density at radius 3 is 2.82 bits per heavy atom. The number of ether oxygens (including phenoxy) is 1. The van der Waals surface area contributed by atoms with Crippen LogP contribution in [0, 0.1) is 22.7 Å². The Balaban J connectivity index is 1.55. The van der Waals surface area contributed by atoms with Gasteiger partial charge in [0.25, 0.3) is 0 Å². The number of carbonyl (C=O) groups excluding carboxylic acids is 1. The van der Waals surface area contributed by atoms with E-state index in [1.807, 2.05) is 30.5 Å². The minimum atomic E-state index is -0.852. The van der Waals surface area contributed by atoms with Crippen LogP contribution < -0.4 is 9.64 Å². The lowest BCUT2D eigenvalue weighted by Gasteiger charge is -2.21. The number of pyridine rings is 1. The van der Waals surface area contributed by atoms with Gasteiger partial charge in [0, 0.05) is 42.3 Å². The van der Waals surface area contributed by atoms with E-state index in [0.717, 1.165) is 35.2 Å². The van der Waals surface area contributed by atoms with Crippen LogP contribution in [-0.4, -0.2) is 34.2 Å². The molecule has 1 saturated heterocycles. The van der Waals surface area contributed by atoms with E-state index >= 15 is 0 Å². The van der Waals surface area contributed by atoms with Crippen LogP contribution >= 0.6 is 0 Å². The van der Waals surface area contributed by atoms with Crippen LogP contribution in [-0.2, 0) is 4.79 Å². The minimum absolute atomic E-state index is 0.0699. The quantitative estimate of drug-likeness (QED) is 0.702. The molecule has 0 bridgehead atoms. The van der Waals surface area contributed by atoms with Gasteiger partial charge in [-0.05, 0) is 43.4 Å². The highest BCUT2D eigenvalue weighted by Gasteiger charge is 2.56. The van der Waals surface area contributed by atoms with Gasteiger partial charge in [0.15, 0.2) is 0 Å². The third-order valence-electron chi connectivity index (χ3n) is 5.89. The average molecular weight is 373 g/mol. The highest BCUT2D eigenvalue weighted by Crippen LogP contribution is 2.52. The molecule has 28 heavy (non-hydrogen) atoms. The molecule has 0 N–H and O–H groups in total. The topological polar surface area (TPSA) is 83.5 Å². The molecule has 7 heteroatoms. The van der Waals surface area contributed by atoms with E-state index in [4.69, 9.17) is 4.74 Å². The van der Waals surface area contributed by atoms with Crippen LogP contribution in [0.4, 0.5) is 5.69 Å². The van der Waals surface area contributed by atoms with Gasteiger partial charge in [-0.15, -0.1) is 0 Å². The molecule has 2 fully saturated rings. The van der Waals surface area contributed by atoms with Gasteiger partial charge >= 0.3 is 0 Å². The highest BCUT2D eigenvalue weighted by molar-refractivity contribution is 6.05. The first-order valence-electron chi connectivity index (χ1n) is 9.37. The van der Waals surface area contributed by atoms with E-state index < -0.39 is 5.41 Å². The van der Waals surface area contributed by atoms with Crippen molar-refractivity contribution in [2.45, 2.75) is 19.3 Å². The molecule has 0 aromatic carbocycles. The van der Waals surface area contributed by atoms with Crippen molar-refractivity contribution in [3.05, 3.63) is 42.9 Å². The second kappa shape index (κ2) is 6.06. The summed E-state index contributed by atoms with van der Waals surface area (Å²) in [5.41, 5.74) is 2.68. The van der Waals surface area contributed by atoms with Crippen LogP contribution in [0.15, 0.2) is 42.9 Å². The molecule has 0 radical (unpaired) electrons.